The van der Waals surface area contributed by atoms with Crippen molar-refractivity contribution in [2.45, 2.75) is 65.8 Å². The molecule has 1 saturated heterocycles. The van der Waals surface area contributed by atoms with E-state index in [-0.39, 0.29) is 5.41 Å². The van der Waals surface area contributed by atoms with Gasteiger partial charge in [0.05, 0.1) is 11.5 Å². The highest BCUT2D eigenvalue weighted by atomic mass is 15.2. The van der Waals surface area contributed by atoms with Crippen molar-refractivity contribution >= 4 is 0 Å². The van der Waals surface area contributed by atoms with Gasteiger partial charge in [-0.3, -0.25) is 0 Å². The summed E-state index contributed by atoms with van der Waals surface area (Å²) >= 11 is 0. The summed E-state index contributed by atoms with van der Waals surface area (Å²) in [4.78, 5) is 2.62. The van der Waals surface area contributed by atoms with Gasteiger partial charge in [-0.15, -0.1) is 0 Å². The molecule has 1 aliphatic rings. The van der Waals surface area contributed by atoms with E-state index in [0.29, 0.717) is 0 Å². The molecule has 2 heteroatoms. The summed E-state index contributed by atoms with van der Waals surface area (Å²) in [5.74, 6) is 0.902. The largest absolute Gasteiger partial charge is 0.301 e. The van der Waals surface area contributed by atoms with Crippen molar-refractivity contribution in [3.63, 3.8) is 0 Å². The number of piperidine rings is 1. The monoisotopic (exact) mass is 236 g/mol. The smallest absolute Gasteiger partial charge is 0.0683 e. The Hall–Kier alpha value is -0.550. The zero-order valence-electron chi connectivity index (χ0n) is 12.0. The average molecular weight is 236 g/mol. The number of rotatable bonds is 5. The molecular formula is C15H28N2. The van der Waals surface area contributed by atoms with Crippen LogP contribution in [0.4, 0.5) is 0 Å². The van der Waals surface area contributed by atoms with Crippen LogP contribution in [0.3, 0.4) is 0 Å². The second-order valence-electron chi connectivity index (χ2n) is 6.47. The summed E-state index contributed by atoms with van der Waals surface area (Å²) < 4.78 is 0. The van der Waals surface area contributed by atoms with Crippen molar-refractivity contribution in [2.75, 3.05) is 13.1 Å². The van der Waals surface area contributed by atoms with Crippen molar-refractivity contribution in [2.24, 2.45) is 11.3 Å². The van der Waals surface area contributed by atoms with Crippen LogP contribution in [0.25, 0.3) is 0 Å². The molecule has 0 radical (unpaired) electrons. The molecule has 2 nitrogen and oxygen atoms in total. The number of hydrogen-bond acceptors (Lipinski definition) is 2. The minimum absolute atomic E-state index is 0.137. The van der Waals surface area contributed by atoms with Gasteiger partial charge in [-0.2, -0.15) is 5.26 Å². The molecular weight excluding hydrogens is 208 g/mol. The molecule has 0 spiro atoms. The molecule has 0 N–H and O–H groups in total. The molecule has 2 unspecified atom stereocenters. The Kier molecular flexibility index (Phi) is 5.46. The normalized spacial score (nSPS) is 26.8. The summed E-state index contributed by atoms with van der Waals surface area (Å²) in [6.07, 6.45) is 6.16. The predicted molar refractivity (Wildman–Crippen MR) is 72.7 cm³/mol. The van der Waals surface area contributed by atoms with Gasteiger partial charge in [-0.1, -0.05) is 13.3 Å². The predicted octanol–water partition coefficient (Wildman–Crippen LogP) is 3.83. The highest BCUT2D eigenvalue weighted by Crippen LogP contribution is 2.24. The Bertz CT molecular complexity index is 265. The van der Waals surface area contributed by atoms with Crippen molar-refractivity contribution in [1.82, 2.24) is 4.90 Å². The summed E-state index contributed by atoms with van der Waals surface area (Å²) in [6.45, 7) is 11.3. The van der Waals surface area contributed by atoms with Crippen molar-refractivity contribution in [1.29, 1.82) is 5.26 Å². The maximum absolute atomic E-state index is 8.95. The third-order valence-corrected chi connectivity index (χ3v) is 4.08. The molecule has 1 aliphatic heterocycles. The Morgan fingerprint density at radius 1 is 1.29 bits per heavy atom. The van der Waals surface area contributed by atoms with Crippen LogP contribution in [0.2, 0.25) is 0 Å². The first-order valence-corrected chi connectivity index (χ1v) is 7.10. The van der Waals surface area contributed by atoms with Gasteiger partial charge >= 0.3 is 0 Å². The highest BCUT2D eigenvalue weighted by Gasteiger charge is 2.22. The molecule has 0 aliphatic carbocycles. The topological polar surface area (TPSA) is 27.0 Å². The van der Waals surface area contributed by atoms with Crippen LogP contribution >= 0.6 is 0 Å². The Labute approximate surface area is 107 Å². The molecule has 0 amide bonds. The minimum Gasteiger partial charge on any atom is -0.301 e. The Balaban J connectivity index is 2.17. The zero-order chi connectivity index (χ0) is 12.9. The Morgan fingerprint density at radius 2 is 2.00 bits per heavy atom. The van der Waals surface area contributed by atoms with E-state index in [0.717, 1.165) is 18.4 Å². The van der Waals surface area contributed by atoms with Gasteiger partial charge in [0.15, 0.2) is 0 Å². The molecule has 0 aromatic carbocycles. The lowest BCUT2D eigenvalue weighted by atomic mass is 9.88. The van der Waals surface area contributed by atoms with Crippen molar-refractivity contribution in [3.8, 4) is 6.07 Å². The molecule has 17 heavy (non-hydrogen) atoms. The number of nitrogens with zero attached hydrogens (tertiary/aromatic N) is 2. The lowest BCUT2D eigenvalue weighted by Gasteiger charge is -2.36. The van der Waals surface area contributed by atoms with Crippen LogP contribution in [0.5, 0.6) is 0 Å². The van der Waals surface area contributed by atoms with E-state index in [2.05, 4.69) is 24.8 Å². The molecule has 0 saturated carbocycles. The fourth-order valence-corrected chi connectivity index (χ4v) is 2.73. The summed E-state index contributed by atoms with van der Waals surface area (Å²) in [5.41, 5.74) is -0.137. The third-order valence-electron chi connectivity index (χ3n) is 4.08. The summed E-state index contributed by atoms with van der Waals surface area (Å²) in [5, 5.41) is 8.95. The van der Waals surface area contributed by atoms with Crippen molar-refractivity contribution < 1.29 is 0 Å². The van der Waals surface area contributed by atoms with E-state index in [1.54, 1.807) is 0 Å². The second-order valence-corrected chi connectivity index (χ2v) is 6.47. The summed E-state index contributed by atoms with van der Waals surface area (Å²) in [7, 11) is 0. The van der Waals surface area contributed by atoms with Crippen LogP contribution < -0.4 is 0 Å². The molecule has 98 valence electrons. The van der Waals surface area contributed by atoms with Gasteiger partial charge in [0.2, 0.25) is 0 Å². The average Bonchev–Trinajstić information content (AvgIpc) is 2.27. The number of hydrogen-bond donors (Lipinski definition) is 0. The summed E-state index contributed by atoms with van der Waals surface area (Å²) in [6, 6.07) is 3.13. The van der Waals surface area contributed by atoms with E-state index in [9.17, 15) is 0 Å². The number of unbranched alkanes of at least 4 members (excludes halogenated alkanes) is 1. The van der Waals surface area contributed by atoms with Gasteiger partial charge in [-0.05, 0) is 65.5 Å². The maximum Gasteiger partial charge on any atom is 0.0683 e. The van der Waals surface area contributed by atoms with E-state index in [1.807, 2.05) is 13.8 Å². The molecule has 1 fully saturated rings. The Morgan fingerprint density at radius 3 is 2.59 bits per heavy atom. The maximum atomic E-state index is 8.95. The molecule has 2 atom stereocenters. The first-order chi connectivity index (χ1) is 7.94. The van der Waals surface area contributed by atoms with Crippen LogP contribution in [0.15, 0.2) is 0 Å². The standard InChI is InChI=1S/C15H28N2/c1-13-7-10-17(14(2)11-13)9-6-5-8-15(3,4)12-16/h13-14H,5-11H2,1-4H3. The van der Waals surface area contributed by atoms with E-state index < -0.39 is 0 Å². The molecule has 0 aromatic rings. The third kappa shape index (κ3) is 5.08. The van der Waals surface area contributed by atoms with Crippen LogP contribution in [0, 0.1) is 22.7 Å². The van der Waals surface area contributed by atoms with E-state index in [4.69, 9.17) is 5.26 Å². The van der Waals surface area contributed by atoms with Crippen LogP contribution in [0.1, 0.15) is 59.8 Å². The zero-order valence-corrected chi connectivity index (χ0v) is 12.0. The van der Waals surface area contributed by atoms with E-state index in [1.165, 1.54) is 38.8 Å². The van der Waals surface area contributed by atoms with Crippen LogP contribution in [-0.4, -0.2) is 24.0 Å². The molecule has 1 rings (SSSR count). The SMILES string of the molecule is CC1CCN(CCCCC(C)(C)C#N)C(C)C1. The van der Waals surface area contributed by atoms with E-state index >= 15 is 0 Å². The highest BCUT2D eigenvalue weighted by molar-refractivity contribution is 4.91. The van der Waals surface area contributed by atoms with Gasteiger partial charge in [-0.25, -0.2) is 0 Å². The molecule has 1 heterocycles. The fraction of sp³-hybridized carbons (Fsp3) is 0.933. The first kappa shape index (κ1) is 14.5. The molecule has 0 aromatic heterocycles. The van der Waals surface area contributed by atoms with Gasteiger partial charge < -0.3 is 4.90 Å². The van der Waals surface area contributed by atoms with Gasteiger partial charge in [0, 0.05) is 6.04 Å². The van der Waals surface area contributed by atoms with Crippen molar-refractivity contribution in [3.05, 3.63) is 0 Å². The second kappa shape index (κ2) is 6.40. The quantitative estimate of drug-likeness (QED) is 0.678. The lowest BCUT2D eigenvalue weighted by Crippen LogP contribution is -2.40. The number of likely N-dealkylation sites (tertiary alicyclic amines) is 1. The fourth-order valence-electron chi connectivity index (χ4n) is 2.73. The van der Waals surface area contributed by atoms with Gasteiger partial charge in [0.1, 0.15) is 0 Å². The number of nitriles is 1. The van der Waals surface area contributed by atoms with Gasteiger partial charge in [0.25, 0.3) is 0 Å². The first-order valence-electron chi connectivity index (χ1n) is 7.10. The minimum atomic E-state index is -0.137. The van der Waals surface area contributed by atoms with Crippen LogP contribution in [-0.2, 0) is 0 Å². The lowest BCUT2D eigenvalue weighted by molar-refractivity contribution is 0.126. The molecule has 0 bridgehead atoms.